The van der Waals surface area contributed by atoms with Gasteiger partial charge in [0.1, 0.15) is 12.1 Å². The zero-order chi connectivity index (χ0) is 10.5. The zero-order valence-corrected chi connectivity index (χ0v) is 7.25. The Bertz CT molecular complexity index is 396. The first kappa shape index (κ1) is 11.0. The quantitative estimate of drug-likeness (QED) is 0.549. The third kappa shape index (κ3) is 1.98. The van der Waals surface area contributed by atoms with E-state index in [0.29, 0.717) is 12.4 Å². The molecule has 0 fully saturated rings. The maximum absolute atomic E-state index is 11.2. The van der Waals surface area contributed by atoms with Gasteiger partial charge in [0, 0.05) is 12.4 Å². The summed E-state index contributed by atoms with van der Waals surface area (Å²) >= 11 is 0. The molecule has 0 saturated heterocycles. The van der Waals surface area contributed by atoms with Gasteiger partial charge in [-0.25, -0.2) is 8.42 Å². The molecular formula is C6H6N4O2S. The molecule has 0 atom stereocenters. The summed E-state index contributed by atoms with van der Waals surface area (Å²) < 4.78 is 22.4. The van der Waals surface area contributed by atoms with Gasteiger partial charge >= 0.3 is 0 Å². The van der Waals surface area contributed by atoms with Crippen molar-refractivity contribution in [2.45, 2.75) is 0 Å². The number of rotatable bonds is 2. The zero-order valence-electron chi connectivity index (χ0n) is 6.43. The molecule has 0 heterocycles. The minimum Gasteiger partial charge on any atom is -0.403 e. The third-order valence-corrected chi connectivity index (χ3v) is 2.71. The van der Waals surface area contributed by atoms with Crippen LogP contribution in [0.15, 0.2) is 22.2 Å². The van der Waals surface area contributed by atoms with Crippen LogP contribution in [0.5, 0.6) is 0 Å². The van der Waals surface area contributed by atoms with Crippen molar-refractivity contribution in [3.05, 3.63) is 22.2 Å². The fraction of sp³-hybridized carbons (Fsp3) is 0. The van der Waals surface area contributed by atoms with Crippen LogP contribution in [-0.2, 0) is 9.84 Å². The van der Waals surface area contributed by atoms with Gasteiger partial charge in [0.15, 0.2) is 9.81 Å². The molecule has 6 nitrogen and oxygen atoms in total. The van der Waals surface area contributed by atoms with Crippen molar-refractivity contribution in [2.24, 2.45) is 11.5 Å². The second-order valence-electron chi connectivity index (χ2n) is 1.79. The first-order chi connectivity index (χ1) is 6.04. The molecule has 0 aliphatic carbocycles. The van der Waals surface area contributed by atoms with Crippen molar-refractivity contribution >= 4 is 9.84 Å². The maximum atomic E-state index is 11.2. The SMILES string of the molecule is N#C/C(=C\N)S(=O)(=O)/C(C#N)=C/N. The normalized spacial score (nSPS) is 13.1. The summed E-state index contributed by atoms with van der Waals surface area (Å²) in [5, 5.41) is 16.7. The van der Waals surface area contributed by atoms with Crippen LogP contribution >= 0.6 is 0 Å². The lowest BCUT2D eigenvalue weighted by atomic mass is 10.7. The molecule has 4 N–H and O–H groups in total. The lowest BCUT2D eigenvalue weighted by molar-refractivity contribution is 0.609. The summed E-state index contributed by atoms with van der Waals surface area (Å²) in [7, 11) is -4.11. The predicted molar refractivity (Wildman–Crippen MR) is 44.7 cm³/mol. The van der Waals surface area contributed by atoms with E-state index in [0.717, 1.165) is 0 Å². The van der Waals surface area contributed by atoms with Crippen LogP contribution in [0.4, 0.5) is 0 Å². The van der Waals surface area contributed by atoms with E-state index >= 15 is 0 Å². The van der Waals surface area contributed by atoms with Crippen molar-refractivity contribution in [3.8, 4) is 12.1 Å². The van der Waals surface area contributed by atoms with E-state index in [4.69, 9.17) is 22.0 Å². The van der Waals surface area contributed by atoms with Crippen LogP contribution in [0.2, 0.25) is 0 Å². The summed E-state index contributed by atoms with van der Waals surface area (Å²) in [5.74, 6) is 0. The number of nitriles is 2. The number of nitrogens with two attached hydrogens (primary N) is 2. The molecule has 7 heteroatoms. The lowest BCUT2D eigenvalue weighted by Crippen LogP contribution is -2.08. The number of nitrogens with zero attached hydrogens (tertiary/aromatic N) is 2. The van der Waals surface area contributed by atoms with Crippen LogP contribution in [0.3, 0.4) is 0 Å². The molecule has 0 bridgehead atoms. The van der Waals surface area contributed by atoms with Gasteiger partial charge in [-0.05, 0) is 0 Å². The van der Waals surface area contributed by atoms with E-state index in [9.17, 15) is 8.42 Å². The first-order valence-corrected chi connectivity index (χ1v) is 4.42. The smallest absolute Gasteiger partial charge is 0.229 e. The van der Waals surface area contributed by atoms with E-state index in [1.165, 1.54) is 12.1 Å². The van der Waals surface area contributed by atoms with Crippen molar-refractivity contribution in [1.82, 2.24) is 0 Å². The van der Waals surface area contributed by atoms with Crippen molar-refractivity contribution in [1.29, 1.82) is 10.5 Å². The average molecular weight is 198 g/mol. The Morgan fingerprint density at radius 2 is 1.38 bits per heavy atom. The summed E-state index contributed by atoms with van der Waals surface area (Å²) in [6.45, 7) is 0. The highest BCUT2D eigenvalue weighted by Gasteiger charge is 2.22. The number of allylic oxidation sites excluding steroid dienone is 2. The van der Waals surface area contributed by atoms with Gasteiger partial charge in [0.2, 0.25) is 9.84 Å². The van der Waals surface area contributed by atoms with Crippen LogP contribution in [0, 0.1) is 22.7 Å². The number of hydrogen-bond donors (Lipinski definition) is 2. The van der Waals surface area contributed by atoms with Gasteiger partial charge < -0.3 is 11.5 Å². The molecule has 0 unspecified atom stereocenters. The molecule has 0 aromatic heterocycles. The molecule has 0 aromatic carbocycles. The number of hydrogen-bond acceptors (Lipinski definition) is 6. The molecule has 0 saturated carbocycles. The molecule has 0 radical (unpaired) electrons. The molecule has 0 spiro atoms. The lowest BCUT2D eigenvalue weighted by Gasteiger charge is -1.96. The Morgan fingerprint density at radius 1 is 1.08 bits per heavy atom. The van der Waals surface area contributed by atoms with Crippen molar-refractivity contribution < 1.29 is 8.42 Å². The maximum Gasteiger partial charge on any atom is 0.229 e. The Kier molecular flexibility index (Phi) is 3.51. The van der Waals surface area contributed by atoms with Crippen molar-refractivity contribution in [3.63, 3.8) is 0 Å². The van der Waals surface area contributed by atoms with E-state index in [1.54, 1.807) is 0 Å². The summed E-state index contributed by atoms with van der Waals surface area (Å²) in [6, 6.07) is 2.68. The largest absolute Gasteiger partial charge is 0.403 e. The highest BCUT2D eigenvalue weighted by atomic mass is 32.2. The Morgan fingerprint density at radius 3 is 1.54 bits per heavy atom. The van der Waals surface area contributed by atoms with Crippen LogP contribution in [0.1, 0.15) is 0 Å². The average Bonchev–Trinajstić information content (AvgIpc) is 2.07. The fourth-order valence-electron chi connectivity index (χ4n) is 0.492. The van der Waals surface area contributed by atoms with Gasteiger partial charge in [-0.3, -0.25) is 0 Å². The van der Waals surface area contributed by atoms with Crippen molar-refractivity contribution in [2.75, 3.05) is 0 Å². The summed E-state index contributed by atoms with van der Waals surface area (Å²) in [4.78, 5) is -1.41. The second-order valence-corrected chi connectivity index (χ2v) is 3.68. The Balaban J connectivity index is 5.54. The third-order valence-electron chi connectivity index (χ3n) is 1.10. The molecule has 68 valence electrons. The first-order valence-electron chi connectivity index (χ1n) is 2.93. The minimum atomic E-state index is -4.11. The Labute approximate surface area is 75.3 Å². The van der Waals surface area contributed by atoms with Gasteiger partial charge in [0.25, 0.3) is 0 Å². The molecular weight excluding hydrogens is 192 g/mol. The highest BCUT2D eigenvalue weighted by molar-refractivity contribution is 7.99. The molecule has 0 rings (SSSR count). The summed E-state index contributed by atoms with van der Waals surface area (Å²) in [5.41, 5.74) is 9.75. The van der Waals surface area contributed by atoms with Gasteiger partial charge in [-0.15, -0.1) is 0 Å². The monoisotopic (exact) mass is 198 g/mol. The van der Waals surface area contributed by atoms with Gasteiger partial charge in [-0.1, -0.05) is 0 Å². The van der Waals surface area contributed by atoms with E-state index in [2.05, 4.69) is 0 Å². The molecule has 0 aliphatic heterocycles. The molecule has 0 aliphatic rings. The van der Waals surface area contributed by atoms with Crippen LogP contribution in [-0.4, -0.2) is 8.42 Å². The van der Waals surface area contributed by atoms with Gasteiger partial charge in [-0.2, -0.15) is 10.5 Å². The fourth-order valence-corrected chi connectivity index (χ4v) is 1.33. The highest BCUT2D eigenvalue weighted by Crippen LogP contribution is 2.13. The van der Waals surface area contributed by atoms with Crippen LogP contribution in [0.25, 0.3) is 0 Å². The minimum absolute atomic E-state index is 0.607. The van der Waals surface area contributed by atoms with E-state index in [1.807, 2.05) is 0 Å². The number of sulfone groups is 1. The second kappa shape index (κ2) is 4.14. The topological polar surface area (TPSA) is 134 Å². The van der Waals surface area contributed by atoms with Gasteiger partial charge in [0.05, 0.1) is 0 Å². The summed E-state index contributed by atoms with van der Waals surface area (Å²) in [6.07, 6.45) is 1.21. The van der Waals surface area contributed by atoms with E-state index in [-0.39, 0.29) is 0 Å². The Hall–Kier alpha value is -1.99. The van der Waals surface area contributed by atoms with Crippen LogP contribution < -0.4 is 11.5 Å². The molecule has 0 aromatic rings. The van der Waals surface area contributed by atoms with E-state index < -0.39 is 19.6 Å². The standard InChI is InChI=1S/C6H6N4O2S/c7-1-5(2-8)13(11,12)6(3-9)4-10/h1,3H,7,9H2/b5-1+,6-3+. The molecule has 13 heavy (non-hydrogen) atoms. The molecule has 0 amide bonds. The predicted octanol–water partition coefficient (Wildman–Crippen LogP) is -0.951.